The SMILES string of the molecule is O=C(Cc1cccc(F)c1F)N1CCC2(CC1)CC(N1CCCC1)C2.O=C(O)C(F)(F)F. The molecule has 2 heterocycles. The Bertz CT molecular complexity index is 823. The molecule has 0 unspecified atom stereocenters. The van der Waals surface area contributed by atoms with E-state index in [1.165, 1.54) is 50.9 Å². The van der Waals surface area contributed by atoms with Gasteiger partial charge in [0.1, 0.15) is 0 Å². The van der Waals surface area contributed by atoms with E-state index in [1.54, 1.807) is 0 Å². The molecule has 2 aliphatic heterocycles. The molecule has 3 fully saturated rings. The van der Waals surface area contributed by atoms with Crippen molar-refractivity contribution in [1.82, 2.24) is 9.80 Å². The molecular formula is C22H27F5N2O3. The predicted molar refractivity (Wildman–Crippen MR) is 106 cm³/mol. The molecule has 0 aromatic heterocycles. The number of hydrogen-bond acceptors (Lipinski definition) is 3. The number of carboxylic acid groups (broad SMARTS) is 1. The largest absolute Gasteiger partial charge is 0.490 e. The van der Waals surface area contributed by atoms with Crippen molar-refractivity contribution in [3.05, 3.63) is 35.4 Å². The van der Waals surface area contributed by atoms with Crippen LogP contribution in [0.15, 0.2) is 18.2 Å². The van der Waals surface area contributed by atoms with Crippen molar-refractivity contribution in [1.29, 1.82) is 0 Å². The van der Waals surface area contributed by atoms with E-state index in [9.17, 15) is 26.7 Å². The van der Waals surface area contributed by atoms with Crippen molar-refractivity contribution >= 4 is 11.9 Å². The van der Waals surface area contributed by atoms with Crippen molar-refractivity contribution in [2.75, 3.05) is 26.2 Å². The Morgan fingerprint density at radius 3 is 2.12 bits per heavy atom. The molecule has 1 saturated carbocycles. The first-order valence-corrected chi connectivity index (χ1v) is 10.8. The molecular weight excluding hydrogens is 435 g/mol. The van der Waals surface area contributed by atoms with E-state index in [4.69, 9.17) is 9.90 Å². The maximum atomic E-state index is 13.8. The number of carbonyl (C=O) groups is 2. The lowest BCUT2D eigenvalue weighted by molar-refractivity contribution is -0.192. The lowest BCUT2D eigenvalue weighted by atomic mass is 9.60. The maximum Gasteiger partial charge on any atom is 0.490 e. The minimum Gasteiger partial charge on any atom is -0.475 e. The van der Waals surface area contributed by atoms with Crippen LogP contribution in [0.5, 0.6) is 0 Å². The van der Waals surface area contributed by atoms with Gasteiger partial charge >= 0.3 is 12.1 Å². The molecule has 0 radical (unpaired) electrons. The van der Waals surface area contributed by atoms with Gasteiger partial charge in [-0.2, -0.15) is 13.2 Å². The summed E-state index contributed by atoms with van der Waals surface area (Å²) in [6.45, 7) is 4.01. The predicted octanol–water partition coefficient (Wildman–Crippen LogP) is 4.01. The third-order valence-electron chi connectivity index (χ3n) is 6.79. The second-order valence-electron chi connectivity index (χ2n) is 8.88. The summed E-state index contributed by atoms with van der Waals surface area (Å²) in [6.07, 6.45) is 2.18. The summed E-state index contributed by atoms with van der Waals surface area (Å²) in [5, 5.41) is 7.12. The molecule has 1 aromatic rings. The Labute approximate surface area is 183 Å². The quantitative estimate of drug-likeness (QED) is 0.690. The van der Waals surface area contributed by atoms with E-state index < -0.39 is 23.8 Å². The zero-order valence-corrected chi connectivity index (χ0v) is 17.6. The summed E-state index contributed by atoms with van der Waals surface area (Å²) in [5.41, 5.74) is 0.580. The maximum absolute atomic E-state index is 13.8. The number of piperidine rings is 1. The van der Waals surface area contributed by atoms with Gasteiger partial charge in [0.25, 0.3) is 0 Å². The number of alkyl halides is 3. The van der Waals surface area contributed by atoms with Crippen molar-refractivity contribution in [3.8, 4) is 0 Å². The third-order valence-corrected chi connectivity index (χ3v) is 6.79. The van der Waals surface area contributed by atoms with Gasteiger partial charge < -0.3 is 14.9 Å². The minimum atomic E-state index is -5.08. The summed E-state index contributed by atoms with van der Waals surface area (Å²) in [5.74, 6) is -4.62. The van der Waals surface area contributed by atoms with Gasteiger partial charge in [0.15, 0.2) is 11.6 Å². The first-order valence-electron chi connectivity index (χ1n) is 10.8. The molecule has 1 aliphatic carbocycles. The van der Waals surface area contributed by atoms with Crippen molar-refractivity contribution in [3.63, 3.8) is 0 Å². The van der Waals surface area contributed by atoms with Gasteiger partial charge in [0.05, 0.1) is 6.42 Å². The molecule has 2 saturated heterocycles. The van der Waals surface area contributed by atoms with Crippen LogP contribution >= 0.6 is 0 Å². The van der Waals surface area contributed by atoms with Crippen LogP contribution in [0.25, 0.3) is 0 Å². The third kappa shape index (κ3) is 5.76. The number of aliphatic carboxylic acids is 1. The van der Waals surface area contributed by atoms with Crippen molar-refractivity contribution < 1.29 is 36.6 Å². The molecule has 0 atom stereocenters. The number of amides is 1. The molecule has 32 heavy (non-hydrogen) atoms. The standard InChI is InChI=1S/C20H26F2N2O.C2HF3O2/c21-17-5-3-4-15(19(17)22)12-18(25)24-10-6-20(7-11-24)13-16(14-20)23-8-1-2-9-23;3-2(4,5)1(6)7/h3-5,16H,1-2,6-14H2;(H,6,7). The smallest absolute Gasteiger partial charge is 0.475 e. The highest BCUT2D eigenvalue weighted by Crippen LogP contribution is 2.51. The summed E-state index contributed by atoms with van der Waals surface area (Å²) < 4.78 is 58.8. The molecule has 5 nitrogen and oxygen atoms in total. The Hall–Kier alpha value is -2.23. The molecule has 1 amide bonds. The Balaban J connectivity index is 0.000000360. The highest BCUT2D eigenvalue weighted by atomic mass is 19.4. The fourth-order valence-electron chi connectivity index (χ4n) is 4.90. The van der Waals surface area contributed by atoms with Gasteiger partial charge in [-0.15, -0.1) is 0 Å². The number of nitrogens with zero attached hydrogens (tertiary/aromatic N) is 2. The number of rotatable bonds is 3. The first-order chi connectivity index (χ1) is 15.0. The highest BCUT2D eigenvalue weighted by molar-refractivity contribution is 5.79. The fraction of sp³-hybridized carbons (Fsp3) is 0.636. The second-order valence-corrected chi connectivity index (χ2v) is 8.88. The summed E-state index contributed by atoms with van der Waals surface area (Å²) >= 11 is 0. The number of carboxylic acids is 1. The summed E-state index contributed by atoms with van der Waals surface area (Å²) in [6, 6.07) is 4.79. The monoisotopic (exact) mass is 462 g/mol. The number of halogens is 5. The fourth-order valence-corrected chi connectivity index (χ4v) is 4.90. The van der Waals surface area contributed by atoms with Crippen LogP contribution in [0.2, 0.25) is 0 Å². The topological polar surface area (TPSA) is 60.9 Å². The first kappa shape index (κ1) is 24.4. The van der Waals surface area contributed by atoms with Crippen molar-refractivity contribution in [2.45, 2.75) is 57.2 Å². The van der Waals surface area contributed by atoms with Gasteiger partial charge in [0, 0.05) is 24.7 Å². The number of hydrogen-bond donors (Lipinski definition) is 1. The van der Waals surface area contributed by atoms with Gasteiger partial charge in [-0.25, -0.2) is 13.6 Å². The molecule has 0 bridgehead atoms. The molecule has 1 spiro atoms. The summed E-state index contributed by atoms with van der Waals surface area (Å²) in [4.78, 5) is 25.8. The van der Waals surface area contributed by atoms with Crippen LogP contribution in [0.4, 0.5) is 22.0 Å². The Kier molecular flexibility index (Phi) is 7.42. The molecule has 10 heteroatoms. The average molecular weight is 462 g/mol. The molecule has 1 N–H and O–H groups in total. The van der Waals surface area contributed by atoms with Crippen LogP contribution < -0.4 is 0 Å². The van der Waals surface area contributed by atoms with E-state index in [0.717, 1.165) is 38.0 Å². The van der Waals surface area contributed by atoms with Crippen LogP contribution in [0, 0.1) is 17.0 Å². The molecule has 3 aliphatic rings. The van der Waals surface area contributed by atoms with E-state index in [0.29, 0.717) is 5.41 Å². The Morgan fingerprint density at radius 2 is 1.59 bits per heavy atom. The lowest BCUT2D eigenvalue weighted by Gasteiger charge is -2.54. The van der Waals surface area contributed by atoms with Crippen LogP contribution in [0.3, 0.4) is 0 Å². The van der Waals surface area contributed by atoms with Gasteiger partial charge in [-0.05, 0) is 63.1 Å². The zero-order valence-electron chi connectivity index (χ0n) is 17.6. The van der Waals surface area contributed by atoms with Crippen LogP contribution in [0.1, 0.15) is 44.1 Å². The van der Waals surface area contributed by atoms with Crippen LogP contribution in [-0.4, -0.2) is 65.2 Å². The molecule has 178 valence electrons. The molecule has 1 aromatic carbocycles. The lowest BCUT2D eigenvalue weighted by Crippen LogP contribution is -2.55. The normalized spacial score (nSPS) is 21.1. The molecule has 4 rings (SSSR count). The highest BCUT2D eigenvalue weighted by Gasteiger charge is 2.48. The van der Waals surface area contributed by atoms with E-state index in [2.05, 4.69) is 4.90 Å². The minimum absolute atomic E-state index is 0.0486. The zero-order chi connectivity index (χ0) is 23.5. The summed E-state index contributed by atoms with van der Waals surface area (Å²) in [7, 11) is 0. The van der Waals surface area contributed by atoms with Crippen molar-refractivity contribution in [2.24, 2.45) is 5.41 Å². The number of carbonyl (C=O) groups excluding carboxylic acids is 1. The van der Waals surface area contributed by atoms with E-state index in [-0.39, 0.29) is 17.9 Å². The van der Waals surface area contributed by atoms with Gasteiger partial charge in [0.2, 0.25) is 5.91 Å². The average Bonchev–Trinajstić information content (AvgIpc) is 3.24. The Morgan fingerprint density at radius 1 is 1.03 bits per heavy atom. The van der Waals surface area contributed by atoms with E-state index >= 15 is 0 Å². The van der Waals surface area contributed by atoms with Gasteiger partial charge in [-0.3, -0.25) is 4.79 Å². The second kappa shape index (κ2) is 9.72. The van der Waals surface area contributed by atoms with E-state index in [1.807, 2.05) is 4.90 Å². The number of benzene rings is 1. The van der Waals surface area contributed by atoms with Gasteiger partial charge in [-0.1, -0.05) is 12.1 Å². The van der Waals surface area contributed by atoms with Crippen LogP contribution in [-0.2, 0) is 16.0 Å². The number of likely N-dealkylation sites (tertiary alicyclic amines) is 2.